The SMILES string of the molecule is CCN(CCO)C(=O)C(=O)N(CCO)CCO. The minimum absolute atomic E-state index is 0.00180. The van der Waals surface area contributed by atoms with Crippen molar-refractivity contribution in [2.24, 2.45) is 0 Å². The summed E-state index contributed by atoms with van der Waals surface area (Å²) in [5.41, 5.74) is 0. The molecule has 0 aromatic carbocycles. The molecule has 0 saturated heterocycles. The first-order valence-corrected chi connectivity index (χ1v) is 5.53. The van der Waals surface area contributed by atoms with Crippen LogP contribution in [0.15, 0.2) is 0 Å². The van der Waals surface area contributed by atoms with Gasteiger partial charge in [-0.15, -0.1) is 0 Å². The molecule has 2 amide bonds. The van der Waals surface area contributed by atoms with Gasteiger partial charge in [-0.3, -0.25) is 9.59 Å². The highest BCUT2D eigenvalue weighted by Crippen LogP contribution is 1.96. The van der Waals surface area contributed by atoms with Crippen molar-refractivity contribution in [1.82, 2.24) is 9.80 Å². The molecule has 0 heterocycles. The number of likely N-dealkylation sites (N-methyl/N-ethyl adjacent to an activating group) is 1. The fraction of sp³-hybridized carbons (Fsp3) is 0.800. The van der Waals surface area contributed by atoms with E-state index < -0.39 is 11.8 Å². The molecule has 0 fully saturated rings. The first kappa shape index (κ1) is 15.8. The lowest BCUT2D eigenvalue weighted by Crippen LogP contribution is -2.47. The zero-order valence-electron chi connectivity index (χ0n) is 10.0. The molecule has 0 aliphatic rings. The third-order valence-corrected chi connectivity index (χ3v) is 2.25. The Balaban J connectivity index is 4.56. The smallest absolute Gasteiger partial charge is 0.312 e. The molecular formula is C10H20N2O5. The van der Waals surface area contributed by atoms with E-state index in [9.17, 15) is 9.59 Å². The molecule has 0 unspecified atom stereocenters. The molecule has 0 saturated carbocycles. The zero-order chi connectivity index (χ0) is 13.3. The number of hydrogen-bond acceptors (Lipinski definition) is 5. The molecule has 0 aromatic rings. The van der Waals surface area contributed by atoms with Gasteiger partial charge in [0.2, 0.25) is 0 Å². The second-order valence-corrected chi connectivity index (χ2v) is 3.35. The van der Waals surface area contributed by atoms with Gasteiger partial charge in [-0.2, -0.15) is 0 Å². The van der Waals surface area contributed by atoms with Crippen molar-refractivity contribution in [3.05, 3.63) is 0 Å². The third kappa shape index (κ3) is 5.12. The van der Waals surface area contributed by atoms with Crippen LogP contribution in [0.5, 0.6) is 0 Å². The first-order valence-electron chi connectivity index (χ1n) is 5.53. The Morgan fingerprint density at radius 2 is 1.18 bits per heavy atom. The summed E-state index contributed by atoms with van der Waals surface area (Å²) >= 11 is 0. The number of amides is 2. The molecule has 100 valence electrons. The highest BCUT2D eigenvalue weighted by molar-refractivity contribution is 6.34. The maximum Gasteiger partial charge on any atom is 0.312 e. The molecule has 7 nitrogen and oxygen atoms in total. The first-order chi connectivity index (χ1) is 8.12. The fourth-order valence-corrected chi connectivity index (χ4v) is 1.35. The van der Waals surface area contributed by atoms with Crippen LogP contribution in [0.1, 0.15) is 6.92 Å². The minimum Gasteiger partial charge on any atom is -0.395 e. The van der Waals surface area contributed by atoms with Crippen molar-refractivity contribution >= 4 is 11.8 Å². The van der Waals surface area contributed by atoms with Crippen LogP contribution in [0.3, 0.4) is 0 Å². The Labute approximate surface area is 100 Å². The fourth-order valence-electron chi connectivity index (χ4n) is 1.35. The van der Waals surface area contributed by atoms with E-state index in [2.05, 4.69) is 0 Å². The van der Waals surface area contributed by atoms with Crippen LogP contribution in [0.2, 0.25) is 0 Å². The van der Waals surface area contributed by atoms with E-state index >= 15 is 0 Å². The quantitative estimate of drug-likeness (QED) is 0.438. The summed E-state index contributed by atoms with van der Waals surface area (Å²) in [4.78, 5) is 25.7. The summed E-state index contributed by atoms with van der Waals surface area (Å²) in [7, 11) is 0. The van der Waals surface area contributed by atoms with E-state index in [0.717, 1.165) is 4.90 Å². The van der Waals surface area contributed by atoms with Gasteiger partial charge in [0.1, 0.15) is 0 Å². The van der Waals surface area contributed by atoms with E-state index in [4.69, 9.17) is 15.3 Å². The normalized spacial score (nSPS) is 10.1. The maximum absolute atomic E-state index is 11.7. The van der Waals surface area contributed by atoms with Crippen LogP contribution in [-0.4, -0.2) is 82.9 Å². The Morgan fingerprint density at radius 1 is 0.824 bits per heavy atom. The summed E-state index contributed by atoms with van der Waals surface area (Å²) in [6.45, 7) is 1.35. The van der Waals surface area contributed by atoms with Gasteiger partial charge in [-0.1, -0.05) is 0 Å². The van der Waals surface area contributed by atoms with Gasteiger partial charge in [0.15, 0.2) is 0 Å². The van der Waals surface area contributed by atoms with Crippen molar-refractivity contribution in [2.75, 3.05) is 46.0 Å². The number of aliphatic hydroxyl groups excluding tert-OH is 3. The largest absolute Gasteiger partial charge is 0.395 e. The molecule has 0 radical (unpaired) electrons. The molecule has 0 rings (SSSR count). The Hall–Kier alpha value is -1.18. The number of carbonyl (C=O) groups is 2. The Kier molecular flexibility index (Phi) is 8.29. The molecule has 0 aromatic heterocycles. The van der Waals surface area contributed by atoms with Gasteiger partial charge in [0.25, 0.3) is 0 Å². The van der Waals surface area contributed by atoms with Crippen LogP contribution >= 0.6 is 0 Å². The number of aliphatic hydroxyl groups is 3. The Morgan fingerprint density at radius 3 is 1.53 bits per heavy atom. The standard InChI is InChI=1S/C10H20N2O5/c1-2-11(3-6-13)9(16)10(17)12(4-7-14)5-8-15/h13-15H,2-8H2,1H3. The van der Waals surface area contributed by atoms with Gasteiger partial charge in [-0.05, 0) is 6.92 Å². The summed E-state index contributed by atoms with van der Waals surface area (Å²) < 4.78 is 0. The number of hydrogen-bond donors (Lipinski definition) is 3. The van der Waals surface area contributed by atoms with Crippen molar-refractivity contribution in [3.63, 3.8) is 0 Å². The molecule has 0 aliphatic carbocycles. The molecule has 7 heteroatoms. The molecule has 3 N–H and O–H groups in total. The van der Waals surface area contributed by atoms with Gasteiger partial charge >= 0.3 is 11.8 Å². The second kappa shape index (κ2) is 8.91. The zero-order valence-corrected chi connectivity index (χ0v) is 10.0. The molecular weight excluding hydrogens is 228 g/mol. The van der Waals surface area contributed by atoms with E-state index in [0.29, 0.717) is 6.54 Å². The van der Waals surface area contributed by atoms with Gasteiger partial charge in [0.05, 0.1) is 19.8 Å². The number of carbonyl (C=O) groups excluding carboxylic acids is 2. The van der Waals surface area contributed by atoms with Crippen LogP contribution in [-0.2, 0) is 9.59 Å². The summed E-state index contributed by atoms with van der Waals surface area (Å²) in [5, 5.41) is 26.3. The summed E-state index contributed by atoms with van der Waals surface area (Å²) in [5.74, 6) is -1.51. The number of rotatable bonds is 7. The highest BCUT2D eigenvalue weighted by atomic mass is 16.3. The van der Waals surface area contributed by atoms with E-state index in [-0.39, 0.29) is 39.5 Å². The van der Waals surface area contributed by atoms with Gasteiger partial charge in [0, 0.05) is 26.2 Å². The molecule has 0 atom stereocenters. The van der Waals surface area contributed by atoms with Crippen LogP contribution in [0.4, 0.5) is 0 Å². The van der Waals surface area contributed by atoms with Crippen LogP contribution in [0, 0.1) is 0 Å². The highest BCUT2D eigenvalue weighted by Gasteiger charge is 2.25. The van der Waals surface area contributed by atoms with Gasteiger partial charge < -0.3 is 25.1 Å². The molecule has 0 bridgehead atoms. The van der Waals surface area contributed by atoms with E-state index in [1.54, 1.807) is 6.92 Å². The topological polar surface area (TPSA) is 101 Å². The predicted octanol–water partition coefficient (Wildman–Crippen LogP) is -2.36. The van der Waals surface area contributed by atoms with Crippen LogP contribution < -0.4 is 0 Å². The number of nitrogens with zero attached hydrogens (tertiary/aromatic N) is 2. The van der Waals surface area contributed by atoms with Gasteiger partial charge in [-0.25, -0.2) is 0 Å². The van der Waals surface area contributed by atoms with Crippen molar-refractivity contribution < 1.29 is 24.9 Å². The molecule has 0 spiro atoms. The van der Waals surface area contributed by atoms with Crippen molar-refractivity contribution in [2.45, 2.75) is 6.92 Å². The monoisotopic (exact) mass is 248 g/mol. The van der Waals surface area contributed by atoms with Crippen molar-refractivity contribution in [1.29, 1.82) is 0 Å². The maximum atomic E-state index is 11.7. The third-order valence-electron chi connectivity index (χ3n) is 2.25. The average molecular weight is 248 g/mol. The average Bonchev–Trinajstić information content (AvgIpc) is 2.34. The lowest BCUT2D eigenvalue weighted by atomic mass is 10.3. The van der Waals surface area contributed by atoms with E-state index in [1.807, 2.05) is 0 Å². The lowest BCUT2D eigenvalue weighted by Gasteiger charge is -2.24. The minimum atomic E-state index is -0.775. The predicted molar refractivity (Wildman–Crippen MR) is 60.1 cm³/mol. The summed E-state index contributed by atoms with van der Waals surface area (Å²) in [6, 6.07) is 0. The summed E-state index contributed by atoms with van der Waals surface area (Å²) in [6.07, 6.45) is 0. The molecule has 0 aliphatic heterocycles. The van der Waals surface area contributed by atoms with E-state index in [1.165, 1.54) is 4.90 Å². The second-order valence-electron chi connectivity index (χ2n) is 3.35. The Bertz CT molecular complexity index is 241. The lowest BCUT2D eigenvalue weighted by molar-refractivity contribution is -0.152. The van der Waals surface area contributed by atoms with Crippen molar-refractivity contribution in [3.8, 4) is 0 Å². The molecule has 17 heavy (non-hydrogen) atoms. The van der Waals surface area contributed by atoms with Crippen LogP contribution in [0.25, 0.3) is 0 Å².